The molecule has 0 aliphatic carbocycles. The van der Waals surface area contributed by atoms with E-state index in [0.717, 1.165) is 31.7 Å². The molecule has 1 aliphatic heterocycles. The highest BCUT2D eigenvalue weighted by Crippen LogP contribution is 2.21. The van der Waals surface area contributed by atoms with Crippen molar-refractivity contribution in [3.8, 4) is 0 Å². The van der Waals surface area contributed by atoms with Crippen LogP contribution >= 0.6 is 12.4 Å². The van der Waals surface area contributed by atoms with E-state index in [0.29, 0.717) is 17.8 Å². The predicted octanol–water partition coefficient (Wildman–Crippen LogP) is 1.80. The summed E-state index contributed by atoms with van der Waals surface area (Å²) in [6.07, 6.45) is 3.23. The number of benzene rings is 1. The molecular formula is C17H23ClFN5O. The number of aromatic nitrogens is 2. The maximum Gasteiger partial charge on any atom is 0.254 e. The molecule has 2 N–H and O–H groups in total. The van der Waals surface area contributed by atoms with Crippen LogP contribution < -0.4 is 15.5 Å². The third-order valence-electron chi connectivity index (χ3n) is 4.14. The Balaban J connectivity index is 0.00000225. The van der Waals surface area contributed by atoms with Gasteiger partial charge in [-0.15, -0.1) is 12.4 Å². The van der Waals surface area contributed by atoms with Crippen molar-refractivity contribution in [2.75, 3.05) is 31.1 Å². The second kappa shape index (κ2) is 8.82. The number of hydrogen-bond donors (Lipinski definition) is 2. The molecule has 0 saturated carbocycles. The molecular weight excluding hydrogens is 345 g/mol. The largest absolute Gasteiger partial charge is 0.367 e. The van der Waals surface area contributed by atoms with Crippen LogP contribution in [0.5, 0.6) is 0 Å². The quantitative estimate of drug-likeness (QED) is 0.846. The molecule has 6 nitrogen and oxygen atoms in total. The van der Waals surface area contributed by atoms with Crippen LogP contribution in [0.25, 0.3) is 0 Å². The van der Waals surface area contributed by atoms with Crippen LogP contribution in [0.15, 0.2) is 30.6 Å². The molecule has 0 radical (unpaired) electrons. The minimum Gasteiger partial charge on any atom is -0.367 e. The van der Waals surface area contributed by atoms with Gasteiger partial charge in [0.15, 0.2) is 0 Å². The van der Waals surface area contributed by atoms with E-state index in [1.54, 1.807) is 16.9 Å². The summed E-state index contributed by atoms with van der Waals surface area (Å²) in [6, 6.07) is 5.14. The third-order valence-corrected chi connectivity index (χ3v) is 4.14. The summed E-state index contributed by atoms with van der Waals surface area (Å²) < 4.78 is 16.0. The standard InChI is InChI=1S/C17H22FN5O.ClH/c1-2-23-12-14(11-21-23)17(24)20-10-13-3-4-16(15(18)9-13)22-7-5-19-6-8-22;/h3-4,9,11-12,19H,2,5-8,10H2,1H3,(H,20,24);1H. The van der Waals surface area contributed by atoms with Crippen LogP contribution in [0.1, 0.15) is 22.8 Å². The van der Waals surface area contributed by atoms with Gasteiger partial charge in [-0.3, -0.25) is 9.48 Å². The molecule has 1 aromatic carbocycles. The van der Waals surface area contributed by atoms with Crippen molar-refractivity contribution in [3.63, 3.8) is 0 Å². The summed E-state index contributed by atoms with van der Waals surface area (Å²) >= 11 is 0. The Hall–Kier alpha value is -2.12. The van der Waals surface area contributed by atoms with Crippen LogP contribution in [0, 0.1) is 5.82 Å². The van der Waals surface area contributed by atoms with Crippen LogP contribution in [0.4, 0.5) is 10.1 Å². The number of carbonyl (C=O) groups is 1. The molecule has 25 heavy (non-hydrogen) atoms. The molecule has 0 atom stereocenters. The first-order chi connectivity index (χ1) is 11.7. The predicted molar refractivity (Wildman–Crippen MR) is 97.8 cm³/mol. The van der Waals surface area contributed by atoms with Gasteiger partial charge in [0.25, 0.3) is 5.91 Å². The van der Waals surface area contributed by atoms with Gasteiger partial charge in [-0.2, -0.15) is 5.10 Å². The van der Waals surface area contributed by atoms with Gasteiger partial charge in [-0.1, -0.05) is 6.07 Å². The average molecular weight is 368 g/mol. The van der Waals surface area contributed by atoms with Crippen LogP contribution in [0.3, 0.4) is 0 Å². The van der Waals surface area contributed by atoms with Gasteiger partial charge >= 0.3 is 0 Å². The Labute approximate surface area is 152 Å². The molecule has 1 aromatic heterocycles. The lowest BCUT2D eigenvalue weighted by molar-refractivity contribution is 0.0950. The molecule has 1 saturated heterocycles. The van der Waals surface area contributed by atoms with E-state index in [2.05, 4.69) is 15.7 Å². The number of anilines is 1. The number of carbonyl (C=O) groups excluding carboxylic acids is 1. The second-order valence-corrected chi connectivity index (χ2v) is 5.79. The lowest BCUT2D eigenvalue weighted by Crippen LogP contribution is -2.43. The molecule has 0 unspecified atom stereocenters. The number of rotatable bonds is 5. The van der Waals surface area contributed by atoms with E-state index in [1.807, 2.05) is 17.9 Å². The Morgan fingerprint density at radius 2 is 2.12 bits per heavy atom. The van der Waals surface area contributed by atoms with Crippen molar-refractivity contribution in [1.82, 2.24) is 20.4 Å². The van der Waals surface area contributed by atoms with Crippen molar-refractivity contribution in [3.05, 3.63) is 47.5 Å². The fourth-order valence-corrected chi connectivity index (χ4v) is 2.76. The first kappa shape index (κ1) is 19.2. The normalized spacial score (nSPS) is 14.1. The third kappa shape index (κ3) is 4.70. The zero-order chi connectivity index (χ0) is 16.9. The molecule has 0 spiro atoms. The first-order valence-corrected chi connectivity index (χ1v) is 8.22. The van der Waals surface area contributed by atoms with Gasteiger partial charge < -0.3 is 15.5 Å². The van der Waals surface area contributed by atoms with Gasteiger partial charge in [-0.25, -0.2) is 4.39 Å². The maximum absolute atomic E-state index is 14.3. The zero-order valence-corrected chi connectivity index (χ0v) is 15.0. The molecule has 2 aromatic rings. The fraction of sp³-hybridized carbons (Fsp3) is 0.412. The van der Waals surface area contributed by atoms with Gasteiger partial charge in [0.1, 0.15) is 5.82 Å². The van der Waals surface area contributed by atoms with E-state index in [4.69, 9.17) is 0 Å². The molecule has 1 amide bonds. The Morgan fingerprint density at radius 3 is 2.76 bits per heavy atom. The average Bonchev–Trinajstić information content (AvgIpc) is 3.10. The van der Waals surface area contributed by atoms with Gasteiger partial charge in [0.05, 0.1) is 17.4 Å². The van der Waals surface area contributed by atoms with E-state index in [-0.39, 0.29) is 30.7 Å². The van der Waals surface area contributed by atoms with Crippen LogP contribution in [0.2, 0.25) is 0 Å². The molecule has 1 aliphatic rings. The zero-order valence-electron chi connectivity index (χ0n) is 14.2. The number of piperazine rings is 1. The minimum atomic E-state index is -0.248. The Kier molecular flexibility index (Phi) is 6.78. The summed E-state index contributed by atoms with van der Waals surface area (Å²) in [7, 11) is 0. The number of aryl methyl sites for hydroxylation is 1. The number of halogens is 2. The van der Waals surface area contributed by atoms with Crippen molar-refractivity contribution in [2.24, 2.45) is 0 Å². The smallest absolute Gasteiger partial charge is 0.254 e. The highest BCUT2D eigenvalue weighted by Gasteiger charge is 2.15. The van der Waals surface area contributed by atoms with Crippen molar-refractivity contribution >= 4 is 24.0 Å². The van der Waals surface area contributed by atoms with Gasteiger partial charge in [0.2, 0.25) is 0 Å². The number of nitrogens with one attached hydrogen (secondary N) is 2. The SMILES string of the molecule is CCn1cc(C(=O)NCc2ccc(N3CCNCC3)c(F)c2)cn1.Cl. The molecule has 0 bridgehead atoms. The summed E-state index contributed by atoms with van der Waals surface area (Å²) in [6.45, 7) is 6.28. The van der Waals surface area contributed by atoms with Crippen molar-refractivity contribution in [2.45, 2.75) is 20.0 Å². The topological polar surface area (TPSA) is 62.2 Å². The van der Waals surface area contributed by atoms with Crippen molar-refractivity contribution < 1.29 is 9.18 Å². The molecule has 8 heteroatoms. The van der Waals surface area contributed by atoms with E-state index >= 15 is 0 Å². The summed E-state index contributed by atoms with van der Waals surface area (Å²) in [4.78, 5) is 14.1. The molecule has 2 heterocycles. The van der Waals surface area contributed by atoms with Gasteiger partial charge in [0, 0.05) is 45.5 Å². The lowest BCUT2D eigenvalue weighted by atomic mass is 10.1. The van der Waals surface area contributed by atoms with E-state index in [1.165, 1.54) is 12.3 Å². The first-order valence-electron chi connectivity index (χ1n) is 8.22. The van der Waals surface area contributed by atoms with E-state index < -0.39 is 0 Å². The Morgan fingerprint density at radius 1 is 1.36 bits per heavy atom. The number of hydrogen-bond acceptors (Lipinski definition) is 4. The summed E-state index contributed by atoms with van der Waals surface area (Å²) in [5.74, 6) is -0.455. The van der Waals surface area contributed by atoms with Crippen LogP contribution in [-0.4, -0.2) is 41.9 Å². The maximum atomic E-state index is 14.3. The molecule has 3 rings (SSSR count). The fourth-order valence-electron chi connectivity index (χ4n) is 2.76. The highest BCUT2D eigenvalue weighted by atomic mass is 35.5. The molecule has 1 fully saturated rings. The summed E-state index contributed by atoms with van der Waals surface area (Å²) in [5, 5.41) is 10.1. The monoisotopic (exact) mass is 367 g/mol. The van der Waals surface area contributed by atoms with Gasteiger partial charge in [-0.05, 0) is 24.6 Å². The van der Waals surface area contributed by atoms with Crippen molar-refractivity contribution in [1.29, 1.82) is 0 Å². The molecule has 136 valence electrons. The Bertz CT molecular complexity index is 715. The second-order valence-electron chi connectivity index (χ2n) is 5.79. The van der Waals surface area contributed by atoms with E-state index in [9.17, 15) is 9.18 Å². The lowest BCUT2D eigenvalue weighted by Gasteiger charge is -2.29. The minimum absolute atomic E-state index is 0. The number of amides is 1. The highest BCUT2D eigenvalue weighted by molar-refractivity contribution is 5.93. The summed E-state index contributed by atoms with van der Waals surface area (Å²) in [5.41, 5.74) is 1.87. The van der Waals surface area contributed by atoms with Crippen LogP contribution in [-0.2, 0) is 13.1 Å². The number of nitrogens with zero attached hydrogens (tertiary/aromatic N) is 3.